The van der Waals surface area contributed by atoms with Crippen LogP contribution in [0, 0.1) is 0 Å². The van der Waals surface area contributed by atoms with Crippen LogP contribution in [0.4, 0.5) is 0 Å². The summed E-state index contributed by atoms with van der Waals surface area (Å²) >= 11 is 3.21. The third-order valence-electron chi connectivity index (χ3n) is 2.14. The summed E-state index contributed by atoms with van der Waals surface area (Å²) < 4.78 is 5.38. The number of hydrogen-bond donors (Lipinski definition) is 1. The second kappa shape index (κ2) is 7.07. The average molecular weight is 317 g/mol. The van der Waals surface area contributed by atoms with Crippen LogP contribution in [-0.2, 0) is 9.53 Å². The fourth-order valence-electron chi connectivity index (χ4n) is 1.31. The molecule has 0 fully saturated rings. The first-order chi connectivity index (χ1) is 8.56. The number of carbonyl (C=O) groups is 2. The third-order valence-corrected chi connectivity index (χ3v) is 2.78. The van der Waals surface area contributed by atoms with Gasteiger partial charge in [0.15, 0.2) is 0 Å². The van der Waals surface area contributed by atoms with Gasteiger partial charge in [-0.25, -0.2) is 4.98 Å². The maximum atomic E-state index is 12.1. The highest BCUT2D eigenvalue weighted by Crippen LogP contribution is 2.15. The van der Waals surface area contributed by atoms with E-state index in [1.807, 2.05) is 0 Å². The van der Waals surface area contributed by atoms with Crippen molar-refractivity contribution in [2.45, 2.75) is 0 Å². The second-order valence-corrected chi connectivity index (χ2v) is 4.30. The number of carboxylic acid groups (broad SMARTS) is 1. The number of aliphatic carboxylic acids is 1. The zero-order valence-corrected chi connectivity index (χ0v) is 11.4. The molecule has 0 atom stereocenters. The Labute approximate surface area is 113 Å². The van der Waals surface area contributed by atoms with Crippen LogP contribution < -0.4 is 0 Å². The summed E-state index contributed by atoms with van der Waals surface area (Å²) in [5.41, 5.74) is 0.190. The molecular formula is C11H13BrN2O4. The van der Waals surface area contributed by atoms with Gasteiger partial charge in [0.2, 0.25) is 0 Å². The van der Waals surface area contributed by atoms with E-state index in [0.717, 1.165) is 0 Å². The van der Waals surface area contributed by atoms with Gasteiger partial charge in [-0.1, -0.05) is 0 Å². The smallest absolute Gasteiger partial charge is 0.323 e. The first-order valence-corrected chi connectivity index (χ1v) is 5.96. The monoisotopic (exact) mass is 316 g/mol. The van der Waals surface area contributed by atoms with Crippen molar-refractivity contribution in [3.63, 3.8) is 0 Å². The molecule has 1 N–H and O–H groups in total. The Hall–Kier alpha value is -1.47. The Morgan fingerprint density at radius 2 is 2.28 bits per heavy atom. The molecule has 1 heterocycles. The number of methoxy groups -OCH3 is 1. The number of hydrogen-bond acceptors (Lipinski definition) is 4. The van der Waals surface area contributed by atoms with Crippen LogP contribution in [0.25, 0.3) is 0 Å². The molecule has 0 aliphatic carbocycles. The van der Waals surface area contributed by atoms with E-state index in [0.29, 0.717) is 4.47 Å². The standard InChI is InChI=1S/C11H13BrN2O4/c1-18-6-5-14(7-9(15)16)11(17)10-8(12)3-2-4-13-10/h2-4H,5-7H2,1H3,(H,15,16). The number of pyridine rings is 1. The van der Waals surface area contributed by atoms with Crippen molar-refractivity contribution >= 4 is 27.8 Å². The number of carboxylic acids is 1. The molecule has 0 bridgehead atoms. The van der Waals surface area contributed by atoms with E-state index >= 15 is 0 Å². The third kappa shape index (κ3) is 4.08. The molecule has 18 heavy (non-hydrogen) atoms. The lowest BCUT2D eigenvalue weighted by Gasteiger charge is -2.20. The molecule has 0 saturated heterocycles. The molecule has 0 aromatic carbocycles. The molecule has 0 aliphatic rings. The second-order valence-electron chi connectivity index (χ2n) is 3.45. The largest absolute Gasteiger partial charge is 0.480 e. The van der Waals surface area contributed by atoms with Gasteiger partial charge in [0, 0.05) is 24.3 Å². The van der Waals surface area contributed by atoms with Gasteiger partial charge in [0.05, 0.1) is 6.61 Å². The molecule has 1 aromatic heterocycles. The Balaban J connectivity index is 2.87. The summed E-state index contributed by atoms with van der Waals surface area (Å²) in [4.78, 5) is 28.0. The number of ether oxygens (including phenoxy) is 1. The van der Waals surface area contributed by atoms with Crippen molar-refractivity contribution in [2.24, 2.45) is 0 Å². The highest BCUT2D eigenvalue weighted by atomic mass is 79.9. The minimum atomic E-state index is -1.08. The molecular weight excluding hydrogens is 304 g/mol. The topological polar surface area (TPSA) is 79.7 Å². The molecule has 7 heteroatoms. The van der Waals surface area contributed by atoms with Crippen LogP contribution in [0.1, 0.15) is 10.5 Å². The summed E-state index contributed by atoms with van der Waals surface area (Å²) in [6, 6.07) is 3.35. The predicted octanol–water partition coefficient (Wildman–Crippen LogP) is 1.02. The highest BCUT2D eigenvalue weighted by Gasteiger charge is 2.21. The van der Waals surface area contributed by atoms with Crippen molar-refractivity contribution in [2.75, 3.05) is 26.8 Å². The minimum Gasteiger partial charge on any atom is -0.480 e. The summed E-state index contributed by atoms with van der Waals surface area (Å²) in [6.45, 7) is 0.0827. The number of halogens is 1. The summed E-state index contributed by atoms with van der Waals surface area (Å²) in [5.74, 6) is -1.52. The van der Waals surface area contributed by atoms with Crippen LogP contribution in [-0.4, -0.2) is 53.7 Å². The molecule has 98 valence electrons. The van der Waals surface area contributed by atoms with Crippen molar-refractivity contribution < 1.29 is 19.4 Å². The van der Waals surface area contributed by atoms with E-state index in [2.05, 4.69) is 20.9 Å². The zero-order valence-electron chi connectivity index (χ0n) is 9.80. The van der Waals surface area contributed by atoms with Crippen LogP contribution in [0.2, 0.25) is 0 Å². The highest BCUT2D eigenvalue weighted by molar-refractivity contribution is 9.10. The Morgan fingerprint density at radius 3 is 2.83 bits per heavy atom. The lowest BCUT2D eigenvalue weighted by atomic mass is 10.3. The Kier molecular flexibility index (Phi) is 5.73. The predicted molar refractivity (Wildman–Crippen MR) is 67.4 cm³/mol. The zero-order chi connectivity index (χ0) is 13.5. The van der Waals surface area contributed by atoms with Gasteiger partial charge in [0.1, 0.15) is 12.2 Å². The summed E-state index contributed by atoms with van der Waals surface area (Å²) in [7, 11) is 1.49. The molecule has 1 amide bonds. The maximum absolute atomic E-state index is 12.1. The molecule has 0 radical (unpaired) electrons. The van der Waals surface area contributed by atoms with Crippen molar-refractivity contribution in [1.82, 2.24) is 9.88 Å². The fraction of sp³-hybridized carbons (Fsp3) is 0.364. The van der Waals surface area contributed by atoms with E-state index in [1.165, 1.54) is 18.2 Å². The number of carbonyl (C=O) groups excluding carboxylic acids is 1. The van der Waals surface area contributed by atoms with Gasteiger partial charge in [0.25, 0.3) is 5.91 Å². The summed E-state index contributed by atoms with van der Waals surface area (Å²) in [6.07, 6.45) is 1.48. The van der Waals surface area contributed by atoms with Crippen LogP contribution in [0.15, 0.2) is 22.8 Å². The maximum Gasteiger partial charge on any atom is 0.323 e. The molecule has 6 nitrogen and oxygen atoms in total. The van der Waals surface area contributed by atoms with Crippen molar-refractivity contribution in [3.8, 4) is 0 Å². The van der Waals surface area contributed by atoms with Gasteiger partial charge in [-0.15, -0.1) is 0 Å². The molecule has 0 unspecified atom stereocenters. The van der Waals surface area contributed by atoms with Crippen molar-refractivity contribution in [3.05, 3.63) is 28.5 Å². The first-order valence-electron chi connectivity index (χ1n) is 5.16. The van der Waals surface area contributed by atoms with Crippen LogP contribution >= 0.6 is 15.9 Å². The van der Waals surface area contributed by atoms with E-state index in [1.54, 1.807) is 12.1 Å². The normalized spacial score (nSPS) is 10.1. The van der Waals surface area contributed by atoms with Gasteiger partial charge in [-0.05, 0) is 28.1 Å². The number of rotatable bonds is 6. The van der Waals surface area contributed by atoms with Gasteiger partial charge in [-0.3, -0.25) is 9.59 Å². The van der Waals surface area contributed by atoms with E-state index in [4.69, 9.17) is 9.84 Å². The van der Waals surface area contributed by atoms with Crippen LogP contribution in [0.5, 0.6) is 0 Å². The average Bonchev–Trinajstić information content (AvgIpc) is 2.34. The number of amides is 1. The molecule has 0 saturated carbocycles. The quantitative estimate of drug-likeness (QED) is 0.847. The number of nitrogens with zero attached hydrogens (tertiary/aromatic N) is 2. The first kappa shape index (κ1) is 14.6. The van der Waals surface area contributed by atoms with Crippen molar-refractivity contribution in [1.29, 1.82) is 0 Å². The lowest BCUT2D eigenvalue weighted by Crippen LogP contribution is -2.38. The Morgan fingerprint density at radius 1 is 1.56 bits per heavy atom. The molecule has 1 rings (SSSR count). The molecule has 0 spiro atoms. The molecule has 1 aromatic rings. The Bertz CT molecular complexity index is 439. The minimum absolute atomic E-state index is 0.190. The van der Waals surface area contributed by atoms with Crippen LogP contribution in [0.3, 0.4) is 0 Å². The van der Waals surface area contributed by atoms with Gasteiger partial charge < -0.3 is 14.7 Å². The number of aromatic nitrogens is 1. The molecule has 0 aliphatic heterocycles. The van der Waals surface area contributed by atoms with E-state index in [9.17, 15) is 9.59 Å². The van der Waals surface area contributed by atoms with Gasteiger partial charge in [-0.2, -0.15) is 0 Å². The lowest BCUT2D eigenvalue weighted by molar-refractivity contribution is -0.137. The fourth-order valence-corrected chi connectivity index (χ4v) is 1.73. The summed E-state index contributed by atoms with van der Waals surface area (Å²) in [5, 5.41) is 8.78. The van der Waals surface area contributed by atoms with E-state index in [-0.39, 0.29) is 25.4 Å². The van der Waals surface area contributed by atoms with E-state index < -0.39 is 11.9 Å². The SMILES string of the molecule is COCCN(CC(=O)O)C(=O)c1ncccc1Br. The van der Waals surface area contributed by atoms with Gasteiger partial charge >= 0.3 is 5.97 Å².